The molecule has 0 unspecified atom stereocenters. The zero-order chi connectivity index (χ0) is 31.7. The van der Waals surface area contributed by atoms with Crippen molar-refractivity contribution < 1.29 is 20.5 Å². The molecule has 0 spiro atoms. The lowest BCUT2D eigenvalue weighted by Gasteiger charge is -2.22. The molecule has 0 bridgehead atoms. The highest BCUT2D eigenvalue weighted by Crippen LogP contribution is 2.38. The Balaban J connectivity index is 2.02. The Hall–Kier alpha value is -2.74. The first-order valence-corrected chi connectivity index (χ1v) is 18.2. The van der Waals surface area contributed by atoms with E-state index >= 15 is 0 Å². The number of rotatable bonds is 12. The molecule has 0 fully saturated rings. The van der Waals surface area contributed by atoms with Gasteiger partial charge < -0.3 is 0 Å². The molecule has 0 N–H and O–H groups in total. The van der Waals surface area contributed by atoms with Crippen LogP contribution < -0.4 is 0 Å². The van der Waals surface area contributed by atoms with Crippen molar-refractivity contribution in [3.05, 3.63) is 82.9 Å². The number of hydrogen-bond acceptors (Lipinski definition) is 5. The molecule has 232 valence electrons. The molecule has 43 heavy (non-hydrogen) atoms. The molecule has 0 heterocycles. The van der Waals surface area contributed by atoms with Crippen molar-refractivity contribution in [3.63, 3.8) is 0 Å². The van der Waals surface area contributed by atoms with Gasteiger partial charge in [-0.15, -0.1) is 3.63 Å². The Morgan fingerprint density at radius 1 is 0.512 bits per heavy atom. The normalized spacial score (nSPS) is 12.9. The van der Waals surface area contributed by atoms with E-state index in [1.54, 1.807) is 24.3 Å². The van der Waals surface area contributed by atoms with Gasteiger partial charge in [-0.05, 0) is 82.4 Å². The molecule has 5 nitrogen and oxygen atoms in total. The van der Waals surface area contributed by atoms with E-state index in [-0.39, 0.29) is 33.5 Å². The maximum absolute atomic E-state index is 14.4. The molecule has 0 aliphatic heterocycles. The quantitative estimate of drug-likeness (QED) is 0.158. The van der Waals surface area contributed by atoms with E-state index in [0.717, 1.165) is 21.9 Å². The molecule has 0 saturated carbocycles. The van der Waals surface area contributed by atoms with Crippen LogP contribution in [0.4, 0.5) is 0 Å². The molecule has 0 atom stereocenters. The summed E-state index contributed by atoms with van der Waals surface area (Å²) in [6, 6.07) is 18.6. The summed E-state index contributed by atoms with van der Waals surface area (Å²) >= 11 is 0. The lowest BCUT2D eigenvalue weighted by Crippen LogP contribution is -2.20. The summed E-state index contributed by atoms with van der Waals surface area (Å²) in [7, 11) is -9.53. The number of hydrogen-bond donors (Lipinski definition) is 0. The van der Waals surface area contributed by atoms with Crippen molar-refractivity contribution in [1.29, 1.82) is 0 Å². The van der Waals surface area contributed by atoms with Gasteiger partial charge in [0, 0.05) is 10.8 Å². The van der Waals surface area contributed by atoms with Gasteiger partial charge in [0.05, 0.1) is 0 Å². The largest absolute Gasteiger partial charge is 0.312 e. The number of benzene rings is 4. The topological polar surface area (TPSA) is 77.5 Å². The first kappa shape index (κ1) is 33.2. The molecule has 0 saturated heterocycles. The van der Waals surface area contributed by atoms with Crippen LogP contribution >= 0.6 is 0 Å². The van der Waals surface area contributed by atoms with E-state index in [1.165, 1.54) is 0 Å². The first-order chi connectivity index (χ1) is 20.1. The van der Waals surface area contributed by atoms with Crippen molar-refractivity contribution in [2.75, 3.05) is 0 Å². The predicted octanol–water partition coefficient (Wildman–Crippen LogP) is 8.88. The van der Waals surface area contributed by atoms with E-state index in [1.807, 2.05) is 64.1 Å². The van der Waals surface area contributed by atoms with Gasteiger partial charge in [-0.2, -0.15) is 16.8 Å². The van der Waals surface area contributed by atoms with Gasteiger partial charge >= 0.3 is 20.2 Å². The molecule has 0 aliphatic rings. The second-order valence-corrected chi connectivity index (χ2v) is 16.7. The zero-order valence-corrected chi connectivity index (χ0v) is 28.4. The minimum atomic E-state index is -4.77. The summed E-state index contributed by atoms with van der Waals surface area (Å²) in [6.45, 7) is 16.5. The second kappa shape index (κ2) is 13.1. The van der Waals surface area contributed by atoms with Gasteiger partial charge in [0.25, 0.3) is 0 Å². The van der Waals surface area contributed by atoms with Gasteiger partial charge in [-0.3, -0.25) is 0 Å². The molecular weight excluding hydrogens is 577 g/mol. The Labute approximate surface area is 258 Å². The van der Waals surface area contributed by atoms with Crippen LogP contribution in [0.5, 0.6) is 0 Å². The van der Waals surface area contributed by atoms with Crippen LogP contribution in [0.15, 0.2) is 70.5 Å². The molecule has 0 aromatic heterocycles. The molecule has 0 amide bonds. The Kier molecular flexibility index (Phi) is 10.1. The zero-order valence-electron chi connectivity index (χ0n) is 26.8. The average molecular weight is 623 g/mol. The highest BCUT2D eigenvalue weighted by atomic mass is 32.3. The first-order valence-electron chi connectivity index (χ1n) is 15.4. The van der Waals surface area contributed by atoms with Gasteiger partial charge in [0.1, 0.15) is 9.79 Å². The van der Waals surface area contributed by atoms with Crippen LogP contribution in [0.1, 0.15) is 77.6 Å². The van der Waals surface area contributed by atoms with Crippen LogP contribution in [0.3, 0.4) is 0 Å². The molecule has 4 aromatic rings. The minimum absolute atomic E-state index is 0.0356. The van der Waals surface area contributed by atoms with Crippen LogP contribution in [0, 0.1) is 23.7 Å². The Morgan fingerprint density at radius 2 is 0.837 bits per heavy atom. The van der Waals surface area contributed by atoms with Gasteiger partial charge in [-0.1, -0.05) is 116 Å². The van der Waals surface area contributed by atoms with Crippen LogP contribution in [0.2, 0.25) is 0 Å². The summed E-state index contributed by atoms with van der Waals surface area (Å²) in [5.41, 5.74) is 3.09. The Morgan fingerprint density at radius 3 is 1.16 bits per heavy atom. The SMILES string of the molecule is CC(C)Cc1cc2ccccc2c(S(=O)(=O)OS(=O)(=O)c2c(CC(C)C)c(CC(C)C)cc3ccccc23)c1CC(C)C. The van der Waals surface area contributed by atoms with Gasteiger partial charge in [-0.25, -0.2) is 0 Å². The van der Waals surface area contributed by atoms with Gasteiger partial charge in [0.15, 0.2) is 0 Å². The van der Waals surface area contributed by atoms with E-state index < -0.39 is 20.2 Å². The summed E-state index contributed by atoms with van der Waals surface area (Å²) in [5, 5.41) is 2.44. The summed E-state index contributed by atoms with van der Waals surface area (Å²) < 4.78 is 63.1. The predicted molar refractivity (Wildman–Crippen MR) is 178 cm³/mol. The molecule has 0 radical (unpaired) electrons. The third kappa shape index (κ3) is 7.50. The summed E-state index contributed by atoms with van der Waals surface area (Å²) in [5.74, 6) is 0.848. The lowest BCUT2D eigenvalue weighted by molar-refractivity contribution is 0.460. The molecule has 4 aromatic carbocycles. The van der Waals surface area contributed by atoms with Crippen molar-refractivity contribution in [2.45, 2.75) is 90.9 Å². The third-order valence-corrected chi connectivity index (χ3v) is 10.9. The highest BCUT2D eigenvalue weighted by molar-refractivity contribution is 8.00. The maximum atomic E-state index is 14.4. The molecule has 4 rings (SSSR count). The fourth-order valence-electron chi connectivity index (χ4n) is 6.09. The maximum Gasteiger partial charge on any atom is 0.312 e. The van der Waals surface area contributed by atoms with Crippen molar-refractivity contribution >= 4 is 41.8 Å². The second-order valence-electron chi connectivity index (χ2n) is 13.5. The molecule has 0 aliphatic carbocycles. The fourth-order valence-corrected chi connectivity index (χ4v) is 9.52. The molecular formula is C36H46O5S2. The standard InChI is InChI=1S/C36H46O5S2/c1-23(2)17-29-21-27-13-9-11-15-31(27)35(33(29)19-25(5)6)42(37,38)41-43(39,40)36-32-16-12-10-14-28(32)22-30(18-24(3)4)34(36)20-26(7)8/h9-16,21-26H,17-20H2,1-8H3. The lowest BCUT2D eigenvalue weighted by atomic mass is 9.90. The molecule has 7 heteroatoms. The fraction of sp³-hybridized carbons (Fsp3) is 0.444. The van der Waals surface area contributed by atoms with E-state index in [9.17, 15) is 16.8 Å². The van der Waals surface area contributed by atoms with E-state index in [2.05, 4.69) is 27.7 Å². The third-order valence-electron chi connectivity index (χ3n) is 7.55. The monoisotopic (exact) mass is 622 g/mol. The van der Waals surface area contributed by atoms with Crippen LogP contribution in [-0.4, -0.2) is 16.8 Å². The Bertz CT molecular complexity index is 1700. The van der Waals surface area contributed by atoms with Crippen molar-refractivity contribution in [1.82, 2.24) is 0 Å². The summed E-state index contributed by atoms with van der Waals surface area (Å²) in [4.78, 5) is -0.0712. The van der Waals surface area contributed by atoms with Crippen LogP contribution in [-0.2, 0) is 49.5 Å². The van der Waals surface area contributed by atoms with Crippen molar-refractivity contribution in [3.8, 4) is 0 Å². The van der Waals surface area contributed by atoms with Gasteiger partial charge in [0.2, 0.25) is 0 Å². The average Bonchev–Trinajstić information content (AvgIpc) is 2.87. The number of fused-ring (bicyclic) bond motifs is 2. The van der Waals surface area contributed by atoms with E-state index in [0.29, 0.717) is 47.6 Å². The van der Waals surface area contributed by atoms with E-state index in [4.69, 9.17) is 3.63 Å². The van der Waals surface area contributed by atoms with Crippen LogP contribution in [0.25, 0.3) is 21.5 Å². The highest BCUT2D eigenvalue weighted by Gasteiger charge is 2.35. The summed E-state index contributed by atoms with van der Waals surface area (Å²) in [6.07, 6.45) is 2.30. The smallest absolute Gasteiger partial charge is 0.193 e. The minimum Gasteiger partial charge on any atom is -0.193 e. The van der Waals surface area contributed by atoms with Crippen molar-refractivity contribution in [2.24, 2.45) is 23.7 Å².